The van der Waals surface area contributed by atoms with E-state index in [2.05, 4.69) is 23.4 Å². The summed E-state index contributed by atoms with van der Waals surface area (Å²) in [5.74, 6) is 0.809. The van der Waals surface area contributed by atoms with Crippen molar-refractivity contribution in [2.45, 2.75) is 57.9 Å². The minimum absolute atomic E-state index is 0.809. The Morgan fingerprint density at radius 3 is 3.00 bits per heavy atom. The van der Waals surface area contributed by atoms with Crippen LogP contribution in [-0.2, 0) is 6.54 Å². The maximum absolute atomic E-state index is 4.49. The van der Waals surface area contributed by atoms with Gasteiger partial charge in [-0.05, 0) is 25.8 Å². The molecule has 3 heteroatoms. The van der Waals surface area contributed by atoms with E-state index in [1.165, 1.54) is 48.4 Å². The van der Waals surface area contributed by atoms with Gasteiger partial charge in [0.2, 0.25) is 0 Å². The number of thiazole rings is 1. The van der Waals surface area contributed by atoms with Crippen molar-refractivity contribution in [3.63, 3.8) is 0 Å². The van der Waals surface area contributed by atoms with Gasteiger partial charge in [0.25, 0.3) is 0 Å². The number of nitrogens with one attached hydrogen (secondary N) is 1. The highest BCUT2D eigenvalue weighted by atomic mass is 32.1. The molecular formula is C13H22N2S. The van der Waals surface area contributed by atoms with Crippen molar-refractivity contribution in [2.24, 2.45) is 0 Å². The van der Waals surface area contributed by atoms with Crippen LogP contribution in [0.1, 0.15) is 61.3 Å². The van der Waals surface area contributed by atoms with Crippen LogP contribution in [0.5, 0.6) is 0 Å². The van der Waals surface area contributed by atoms with Gasteiger partial charge < -0.3 is 5.32 Å². The number of aromatic nitrogens is 1. The molecule has 0 atom stereocenters. The Hall–Kier alpha value is -0.410. The predicted octanol–water partition coefficient (Wildman–Crippen LogP) is 3.69. The normalized spacial score (nSPS) is 15.6. The molecule has 1 aliphatic rings. The summed E-state index contributed by atoms with van der Waals surface area (Å²) in [6, 6.07) is 0. The lowest BCUT2D eigenvalue weighted by molar-refractivity contribution is 0.600. The van der Waals surface area contributed by atoms with Gasteiger partial charge in [-0.2, -0.15) is 0 Å². The first-order valence-electron chi connectivity index (χ1n) is 6.55. The van der Waals surface area contributed by atoms with Crippen LogP contribution in [0.4, 0.5) is 0 Å². The van der Waals surface area contributed by atoms with E-state index in [9.17, 15) is 0 Å². The zero-order valence-corrected chi connectivity index (χ0v) is 11.0. The maximum atomic E-state index is 4.49. The number of nitrogens with zero attached hydrogens (tertiary/aromatic N) is 1. The van der Waals surface area contributed by atoms with Crippen LogP contribution in [0.2, 0.25) is 0 Å². The lowest BCUT2D eigenvalue weighted by Gasteiger charge is -2.01. The highest BCUT2D eigenvalue weighted by Crippen LogP contribution is 2.41. The summed E-state index contributed by atoms with van der Waals surface area (Å²) in [6.45, 7) is 4.41. The van der Waals surface area contributed by atoms with E-state index in [0.29, 0.717) is 0 Å². The second-order valence-electron chi connectivity index (χ2n) is 4.68. The third-order valence-electron chi connectivity index (χ3n) is 3.00. The SMILES string of the molecule is CCCCCCNCc1cnc(C2CC2)s1. The van der Waals surface area contributed by atoms with Crippen LogP contribution in [0.3, 0.4) is 0 Å². The van der Waals surface area contributed by atoms with Crippen molar-refractivity contribution in [1.29, 1.82) is 0 Å². The van der Waals surface area contributed by atoms with Gasteiger partial charge in [-0.1, -0.05) is 26.2 Å². The van der Waals surface area contributed by atoms with Crippen LogP contribution >= 0.6 is 11.3 Å². The molecule has 0 spiro atoms. The van der Waals surface area contributed by atoms with Crippen molar-refractivity contribution in [2.75, 3.05) is 6.54 Å². The Bertz CT molecular complexity index is 305. The maximum Gasteiger partial charge on any atom is 0.0959 e. The second kappa shape index (κ2) is 6.36. The molecule has 0 unspecified atom stereocenters. The van der Waals surface area contributed by atoms with Crippen molar-refractivity contribution in [3.05, 3.63) is 16.1 Å². The summed E-state index contributed by atoms with van der Waals surface area (Å²) in [5.41, 5.74) is 0. The van der Waals surface area contributed by atoms with E-state index in [-0.39, 0.29) is 0 Å². The monoisotopic (exact) mass is 238 g/mol. The van der Waals surface area contributed by atoms with E-state index in [0.717, 1.165) is 19.0 Å². The molecule has 0 saturated heterocycles. The van der Waals surface area contributed by atoms with Crippen LogP contribution < -0.4 is 5.32 Å². The third kappa shape index (κ3) is 3.87. The average molecular weight is 238 g/mol. The molecule has 1 aliphatic carbocycles. The Labute approximate surface area is 102 Å². The van der Waals surface area contributed by atoms with Crippen LogP contribution in [0.15, 0.2) is 6.20 Å². The molecule has 2 nitrogen and oxygen atoms in total. The average Bonchev–Trinajstić information content (AvgIpc) is 3.04. The topological polar surface area (TPSA) is 24.9 Å². The summed E-state index contributed by atoms with van der Waals surface area (Å²) in [7, 11) is 0. The fourth-order valence-corrected chi connectivity index (χ4v) is 2.87. The van der Waals surface area contributed by atoms with Gasteiger partial charge in [0.15, 0.2) is 0 Å². The summed E-state index contributed by atoms with van der Waals surface area (Å²) < 4.78 is 0. The molecule has 1 N–H and O–H groups in total. The van der Waals surface area contributed by atoms with E-state index in [4.69, 9.17) is 0 Å². The van der Waals surface area contributed by atoms with E-state index in [1.807, 2.05) is 11.3 Å². The molecular weight excluding hydrogens is 216 g/mol. The van der Waals surface area contributed by atoms with Gasteiger partial charge in [-0.25, -0.2) is 4.98 Å². The first-order valence-corrected chi connectivity index (χ1v) is 7.37. The number of unbranched alkanes of at least 4 members (excludes halogenated alkanes) is 3. The molecule has 1 aromatic heterocycles. The minimum Gasteiger partial charge on any atom is -0.312 e. The summed E-state index contributed by atoms with van der Waals surface area (Å²) in [6.07, 6.45) is 10.1. The largest absolute Gasteiger partial charge is 0.312 e. The van der Waals surface area contributed by atoms with Crippen LogP contribution in [0.25, 0.3) is 0 Å². The van der Waals surface area contributed by atoms with Gasteiger partial charge in [0, 0.05) is 23.5 Å². The smallest absolute Gasteiger partial charge is 0.0959 e. The van der Waals surface area contributed by atoms with Crippen molar-refractivity contribution in [3.8, 4) is 0 Å². The second-order valence-corrected chi connectivity index (χ2v) is 5.82. The summed E-state index contributed by atoms with van der Waals surface area (Å²) >= 11 is 1.90. The molecule has 2 rings (SSSR count). The zero-order chi connectivity index (χ0) is 11.2. The Kier molecular flexibility index (Phi) is 4.79. The van der Waals surface area contributed by atoms with Crippen molar-refractivity contribution in [1.82, 2.24) is 10.3 Å². The Morgan fingerprint density at radius 2 is 2.25 bits per heavy atom. The molecule has 1 heterocycles. The van der Waals surface area contributed by atoms with E-state index >= 15 is 0 Å². The van der Waals surface area contributed by atoms with Crippen molar-refractivity contribution < 1.29 is 0 Å². The summed E-state index contributed by atoms with van der Waals surface area (Å²) in [4.78, 5) is 5.89. The molecule has 16 heavy (non-hydrogen) atoms. The fraction of sp³-hybridized carbons (Fsp3) is 0.769. The molecule has 0 aliphatic heterocycles. The Balaban J connectivity index is 1.57. The number of hydrogen-bond donors (Lipinski definition) is 1. The first kappa shape index (κ1) is 12.1. The molecule has 0 radical (unpaired) electrons. The first-order chi connectivity index (χ1) is 7.90. The van der Waals surface area contributed by atoms with Crippen LogP contribution in [0, 0.1) is 0 Å². The molecule has 1 saturated carbocycles. The molecule has 0 bridgehead atoms. The minimum atomic E-state index is 0.809. The van der Waals surface area contributed by atoms with Gasteiger partial charge in [0.05, 0.1) is 5.01 Å². The molecule has 1 aromatic rings. The summed E-state index contributed by atoms with van der Waals surface area (Å²) in [5, 5.41) is 4.87. The van der Waals surface area contributed by atoms with Crippen molar-refractivity contribution >= 4 is 11.3 Å². The molecule has 1 fully saturated rings. The van der Waals surface area contributed by atoms with Crippen LogP contribution in [-0.4, -0.2) is 11.5 Å². The quantitative estimate of drug-likeness (QED) is 0.699. The van der Waals surface area contributed by atoms with Gasteiger partial charge in [0.1, 0.15) is 0 Å². The highest BCUT2D eigenvalue weighted by molar-refractivity contribution is 7.11. The number of rotatable bonds is 8. The molecule has 0 amide bonds. The molecule has 90 valence electrons. The van der Waals surface area contributed by atoms with Gasteiger partial charge in [-0.15, -0.1) is 11.3 Å². The third-order valence-corrected chi connectivity index (χ3v) is 4.16. The standard InChI is InChI=1S/C13H22N2S/c1-2-3-4-5-8-14-9-12-10-15-13(16-12)11-6-7-11/h10-11,14H,2-9H2,1H3. The van der Waals surface area contributed by atoms with Gasteiger partial charge >= 0.3 is 0 Å². The zero-order valence-electron chi connectivity index (χ0n) is 10.2. The predicted molar refractivity (Wildman–Crippen MR) is 69.9 cm³/mol. The Morgan fingerprint density at radius 1 is 1.38 bits per heavy atom. The van der Waals surface area contributed by atoms with Gasteiger partial charge in [-0.3, -0.25) is 0 Å². The number of hydrogen-bond acceptors (Lipinski definition) is 3. The molecule has 0 aromatic carbocycles. The lowest BCUT2D eigenvalue weighted by atomic mass is 10.2. The van der Waals surface area contributed by atoms with E-state index in [1.54, 1.807) is 0 Å². The fourth-order valence-electron chi connectivity index (χ4n) is 1.81. The lowest BCUT2D eigenvalue weighted by Crippen LogP contribution is -2.13. The highest BCUT2D eigenvalue weighted by Gasteiger charge is 2.26. The van der Waals surface area contributed by atoms with E-state index < -0.39 is 0 Å².